The van der Waals surface area contributed by atoms with E-state index in [-0.39, 0.29) is 17.8 Å². The van der Waals surface area contributed by atoms with Crippen LogP contribution >= 0.6 is 0 Å². The van der Waals surface area contributed by atoms with Crippen molar-refractivity contribution in [1.82, 2.24) is 4.90 Å². The predicted molar refractivity (Wildman–Crippen MR) is 72.1 cm³/mol. The summed E-state index contributed by atoms with van der Waals surface area (Å²) in [6.07, 6.45) is 0.897. The molecule has 0 heterocycles. The van der Waals surface area contributed by atoms with E-state index in [2.05, 4.69) is 0 Å². The Labute approximate surface area is 113 Å². The summed E-state index contributed by atoms with van der Waals surface area (Å²) in [4.78, 5) is 25.2. The van der Waals surface area contributed by atoms with Crippen LogP contribution in [0, 0.1) is 18.8 Å². The van der Waals surface area contributed by atoms with Crippen LogP contribution in [0.4, 0.5) is 0 Å². The minimum absolute atomic E-state index is 0.0209. The number of carbonyl (C=O) groups excluding carboxylic acids is 2. The number of ether oxygens (including phenoxy) is 1. The lowest BCUT2D eigenvalue weighted by Gasteiger charge is -2.13. The number of esters is 1. The maximum absolute atomic E-state index is 11.9. The van der Waals surface area contributed by atoms with E-state index in [1.807, 2.05) is 13.8 Å². The van der Waals surface area contributed by atoms with Gasteiger partial charge in [0.25, 0.3) is 5.91 Å². The van der Waals surface area contributed by atoms with Crippen molar-refractivity contribution in [3.8, 4) is 5.75 Å². The molecule has 2 rings (SSSR count). The lowest BCUT2D eigenvalue weighted by molar-refractivity contribution is -0.136. The quantitative estimate of drug-likeness (QED) is 0.619. The fourth-order valence-electron chi connectivity index (χ4n) is 1.94. The van der Waals surface area contributed by atoms with Gasteiger partial charge >= 0.3 is 5.97 Å². The number of hydrogen-bond donors (Lipinski definition) is 0. The summed E-state index contributed by atoms with van der Waals surface area (Å²) in [7, 11) is 3.39. The van der Waals surface area contributed by atoms with Crippen LogP contribution in [0.2, 0.25) is 0 Å². The van der Waals surface area contributed by atoms with E-state index in [9.17, 15) is 9.59 Å². The number of hydrogen-bond acceptors (Lipinski definition) is 3. The first kappa shape index (κ1) is 13.6. The summed E-state index contributed by atoms with van der Waals surface area (Å²) in [5.74, 6) is 0.631. The Morgan fingerprint density at radius 3 is 2.47 bits per heavy atom. The summed E-state index contributed by atoms with van der Waals surface area (Å²) >= 11 is 0. The van der Waals surface area contributed by atoms with Crippen LogP contribution in [0.5, 0.6) is 5.75 Å². The van der Waals surface area contributed by atoms with Crippen LogP contribution in [0.3, 0.4) is 0 Å². The molecule has 2 atom stereocenters. The first-order valence-corrected chi connectivity index (χ1v) is 6.44. The van der Waals surface area contributed by atoms with Gasteiger partial charge in [0, 0.05) is 19.7 Å². The molecule has 19 heavy (non-hydrogen) atoms. The molecule has 0 aromatic heterocycles. The molecule has 1 aliphatic carbocycles. The Morgan fingerprint density at radius 1 is 1.32 bits per heavy atom. The van der Waals surface area contributed by atoms with E-state index >= 15 is 0 Å². The van der Waals surface area contributed by atoms with Gasteiger partial charge in [0.2, 0.25) is 0 Å². The minimum atomic E-state index is -0.190. The molecule has 4 heteroatoms. The maximum Gasteiger partial charge on any atom is 0.314 e. The Bertz CT molecular complexity index is 522. The van der Waals surface area contributed by atoms with Crippen molar-refractivity contribution < 1.29 is 14.3 Å². The Hall–Kier alpha value is -1.84. The van der Waals surface area contributed by atoms with Gasteiger partial charge in [-0.05, 0) is 37.0 Å². The molecule has 0 saturated heterocycles. The average Bonchev–Trinajstić information content (AvgIpc) is 3.08. The molecule has 1 amide bonds. The van der Waals surface area contributed by atoms with Gasteiger partial charge in [-0.25, -0.2) is 0 Å². The van der Waals surface area contributed by atoms with Crippen molar-refractivity contribution >= 4 is 11.9 Å². The van der Waals surface area contributed by atoms with Crippen molar-refractivity contribution in [1.29, 1.82) is 0 Å². The van der Waals surface area contributed by atoms with Crippen molar-refractivity contribution in [2.24, 2.45) is 11.8 Å². The fourth-order valence-corrected chi connectivity index (χ4v) is 1.94. The standard InChI is InChI=1S/C15H19NO3/c1-9-5-6-11(14(17)16(3)4)8-13(9)19-15(18)12-7-10(12)2/h5-6,8,10,12H,7H2,1-4H3/t10-,12+/m1/s1. The highest BCUT2D eigenvalue weighted by Crippen LogP contribution is 2.39. The molecule has 1 fully saturated rings. The van der Waals surface area contributed by atoms with E-state index in [1.165, 1.54) is 4.90 Å². The molecule has 4 nitrogen and oxygen atoms in total. The number of benzene rings is 1. The van der Waals surface area contributed by atoms with E-state index < -0.39 is 0 Å². The van der Waals surface area contributed by atoms with Crippen LogP contribution in [0.25, 0.3) is 0 Å². The second-order valence-electron chi connectivity index (χ2n) is 5.42. The van der Waals surface area contributed by atoms with Crippen LogP contribution in [-0.2, 0) is 4.79 Å². The fraction of sp³-hybridized carbons (Fsp3) is 0.467. The normalized spacial score (nSPS) is 20.8. The van der Waals surface area contributed by atoms with Crippen LogP contribution < -0.4 is 4.74 Å². The summed E-state index contributed by atoms with van der Waals surface area (Å²) in [6.45, 7) is 3.90. The molecule has 1 saturated carbocycles. The molecule has 0 radical (unpaired) electrons. The first-order valence-electron chi connectivity index (χ1n) is 6.44. The summed E-state index contributed by atoms with van der Waals surface area (Å²) < 4.78 is 5.40. The lowest BCUT2D eigenvalue weighted by atomic mass is 10.1. The summed E-state index contributed by atoms with van der Waals surface area (Å²) in [6, 6.07) is 5.19. The largest absolute Gasteiger partial charge is 0.426 e. The molecular weight excluding hydrogens is 242 g/mol. The SMILES string of the molecule is Cc1ccc(C(=O)N(C)C)cc1OC(=O)[C@H]1C[C@H]1C. The smallest absolute Gasteiger partial charge is 0.314 e. The maximum atomic E-state index is 11.9. The van der Waals surface area contributed by atoms with Crippen LogP contribution in [-0.4, -0.2) is 30.9 Å². The van der Waals surface area contributed by atoms with Gasteiger partial charge in [-0.3, -0.25) is 9.59 Å². The molecule has 0 unspecified atom stereocenters. The highest BCUT2D eigenvalue weighted by atomic mass is 16.5. The number of nitrogens with zero attached hydrogens (tertiary/aromatic N) is 1. The number of amides is 1. The second-order valence-corrected chi connectivity index (χ2v) is 5.42. The number of aryl methyl sites for hydroxylation is 1. The molecule has 0 N–H and O–H groups in total. The van der Waals surface area contributed by atoms with E-state index in [4.69, 9.17) is 4.74 Å². The minimum Gasteiger partial charge on any atom is -0.426 e. The molecule has 102 valence electrons. The summed E-state index contributed by atoms with van der Waals surface area (Å²) in [5.41, 5.74) is 1.39. The first-order chi connectivity index (χ1) is 8.90. The topological polar surface area (TPSA) is 46.6 Å². The van der Waals surface area contributed by atoms with Crippen molar-refractivity contribution in [3.63, 3.8) is 0 Å². The van der Waals surface area contributed by atoms with E-state index in [1.54, 1.807) is 32.3 Å². The molecule has 1 aliphatic rings. The van der Waals surface area contributed by atoms with E-state index in [0.29, 0.717) is 17.2 Å². The average molecular weight is 261 g/mol. The van der Waals surface area contributed by atoms with Crippen molar-refractivity contribution in [2.45, 2.75) is 20.3 Å². The number of rotatable bonds is 3. The van der Waals surface area contributed by atoms with Gasteiger partial charge in [0.15, 0.2) is 0 Å². The molecule has 1 aromatic carbocycles. The predicted octanol–water partition coefficient (Wildman–Crippen LogP) is 2.26. The molecule has 0 bridgehead atoms. The van der Waals surface area contributed by atoms with Gasteiger partial charge < -0.3 is 9.64 Å². The van der Waals surface area contributed by atoms with Gasteiger partial charge in [0.1, 0.15) is 5.75 Å². The third-order valence-corrected chi connectivity index (χ3v) is 3.46. The Kier molecular flexibility index (Phi) is 3.60. The third kappa shape index (κ3) is 2.95. The monoisotopic (exact) mass is 261 g/mol. The van der Waals surface area contributed by atoms with Gasteiger partial charge in [-0.1, -0.05) is 13.0 Å². The zero-order valence-corrected chi connectivity index (χ0v) is 11.8. The van der Waals surface area contributed by atoms with Crippen molar-refractivity contribution in [3.05, 3.63) is 29.3 Å². The van der Waals surface area contributed by atoms with Gasteiger partial charge in [0.05, 0.1) is 5.92 Å². The zero-order chi connectivity index (χ0) is 14.2. The Balaban J connectivity index is 2.17. The lowest BCUT2D eigenvalue weighted by Crippen LogP contribution is -2.22. The Morgan fingerprint density at radius 2 is 1.95 bits per heavy atom. The summed E-state index contributed by atoms with van der Waals surface area (Å²) in [5, 5.41) is 0. The zero-order valence-electron chi connectivity index (χ0n) is 11.8. The van der Waals surface area contributed by atoms with Crippen molar-refractivity contribution in [2.75, 3.05) is 14.1 Å². The van der Waals surface area contributed by atoms with Gasteiger partial charge in [-0.2, -0.15) is 0 Å². The van der Waals surface area contributed by atoms with E-state index in [0.717, 1.165) is 12.0 Å². The third-order valence-electron chi connectivity index (χ3n) is 3.46. The van der Waals surface area contributed by atoms with Crippen LogP contribution in [0.1, 0.15) is 29.3 Å². The number of carbonyl (C=O) groups is 2. The molecule has 0 aliphatic heterocycles. The molecule has 1 aromatic rings. The highest BCUT2D eigenvalue weighted by Gasteiger charge is 2.40. The van der Waals surface area contributed by atoms with Gasteiger partial charge in [-0.15, -0.1) is 0 Å². The molecular formula is C15H19NO3. The second kappa shape index (κ2) is 5.03. The van der Waals surface area contributed by atoms with Crippen LogP contribution in [0.15, 0.2) is 18.2 Å². The molecule has 0 spiro atoms. The highest BCUT2D eigenvalue weighted by molar-refractivity contribution is 5.94.